The van der Waals surface area contributed by atoms with E-state index in [0.29, 0.717) is 23.4 Å². The van der Waals surface area contributed by atoms with E-state index in [9.17, 15) is 9.59 Å². The van der Waals surface area contributed by atoms with Crippen LogP contribution in [0.4, 0.5) is 5.69 Å². The summed E-state index contributed by atoms with van der Waals surface area (Å²) < 4.78 is 5.99. The smallest absolute Gasteiger partial charge is 0.265 e. The van der Waals surface area contributed by atoms with Gasteiger partial charge in [-0.05, 0) is 42.1 Å². The quantitative estimate of drug-likeness (QED) is 0.712. The van der Waals surface area contributed by atoms with Gasteiger partial charge < -0.3 is 15.8 Å². The van der Waals surface area contributed by atoms with E-state index in [-0.39, 0.29) is 5.91 Å². The van der Waals surface area contributed by atoms with E-state index >= 15 is 0 Å². The molecule has 3 rings (SSSR count). The molecule has 2 amide bonds. The van der Waals surface area contributed by atoms with Crippen LogP contribution < -0.4 is 15.8 Å². The van der Waals surface area contributed by atoms with Gasteiger partial charge in [-0.15, -0.1) is 0 Å². The highest BCUT2D eigenvalue weighted by Gasteiger charge is 2.19. The molecule has 132 valence electrons. The Morgan fingerprint density at radius 3 is 2.38 bits per heavy atom. The fraction of sp³-hybridized carbons (Fsp3) is 0.143. The summed E-state index contributed by atoms with van der Waals surface area (Å²) in [5.74, 6) is -0.0740. The lowest BCUT2D eigenvalue weighted by molar-refractivity contribution is -0.122. The second-order valence-corrected chi connectivity index (χ2v) is 5.92. The van der Waals surface area contributed by atoms with Gasteiger partial charge in [-0.3, -0.25) is 9.59 Å². The van der Waals surface area contributed by atoms with Crippen molar-refractivity contribution in [2.45, 2.75) is 19.4 Å². The average Bonchev–Trinajstić information content (AvgIpc) is 2.66. The number of benzene rings is 3. The number of hydrogen-bond donors (Lipinski definition) is 2. The molecule has 5 heteroatoms. The molecule has 0 fully saturated rings. The molecule has 0 unspecified atom stereocenters. The van der Waals surface area contributed by atoms with Crippen LogP contribution in [0.15, 0.2) is 66.7 Å². The highest BCUT2D eigenvalue weighted by atomic mass is 16.5. The summed E-state index contributed by atoms with van der Waals surface area (Å²) in [6.07, 6.45) is -0.106. The Kier molecular flexibility index (Phi) is 5.17. The second-order valence-electron chi connectivity index (χ2n) is 5.92. The number of hydrogen-bond acceptors (Lipinski definition) is 3. The molecule has 26 heavy (non-hydrogen) atoms. The number of fused-ring (bicyclic) bond motifs is 1. The van der Waals surface area contributed by atoms with Gasteiger partial charge in [-0.2, -0.15) is 0 Å². The lowest BCUT2D eigenvalue weighted by Crippen LogP contribution is -2.32. The largest absolute Gasteiger partial charge is 0.480 e. The van der Waals surface area contributed by atoms with Crippen molar-refractivity contribution in [2.24, 2.45) is 5.73 Å². The first-order chi connectivity index (χ1) is 12.6. The zero-order chi connectivity index (χ0) is 18.5. The van der Waals surface area contributed by atoms with Crippen LogP contribution >= 0.6 is 0 Å². The zero-order valence-electron chi connectivity index (χ0n) is 14.4. The molecule has 0 aliphatic heterocycles. The number of anilines is 1. The Labute approximate surface area is 151 Å². The van der Waals surface area contributed by atoms with Gasteiger partial charge in [0.25, 0.3) is 5.91 Å². The van der Waals surface area contributed by atoms with E-state index in [1.54, 1.807) is 24.3 Å². The predicted molar refractivity (Wildman–Crippen MR) is 102 cm³/mol. The molecule has 0 saturated heterocycles. The van der Waals surface area contributed by atoms with Crippen molar-refractivity contribution < 1.29 is 14.3 Å². The SMILES string of the molecule is CC[C@H](Oc1cccc2ccccc12)C(=O)Nc1ccc(C(N)=O)cc1. The molecule has 0 heterocycles. The maximum Gasteiger partial charge on any atom is 0.265 e. The third-order valence-electron chi connectivity index (χ3n) is 4.12. The molecule has 0 aliphatic carbocycles. The molecule has 5 nitrogen and oxygen atoms in total. The Bertz CT molecular complexity index is 930. The minimum Gasteiger partial charge on any atom is -0.480 e. The summed E-state index contributed by atoms with van der Waals surface area (Å²) in [5.41, 5.74) is 6.19. The van der Waals surface area contributed by atoms with E-state index in [1.165, 1.54) is 0 Å². The molecule has 0 bridgehead atoms. The molecule has 3 N–H and O–H groups in total. The molecule has 0 aliphatic rings. The Hall–Kier alpha value is -3.34. The standard InChI is InChI=1S/C21H20N2O3/c1-2-18(21(25)23-16-12-10-15(11-13-16)20(22)24)26-19-9-5-7-14-6-3-4-8-17(14)19/h3-13,18H,2H2,1H3,(H2,22,24)(H,23,25)/t18-/m0/s1. The van der Waals surface area contributed by atoms with Gasteiger partial charge in [0.15, 0.2) is 6.10 Å². The first kappa shape index (κ1) is 17.5. The molecule has 3 aromatic carbocycles. The van der Waals surface area contributed by atoms with E-state index in [4.69, 9.17) is 10.5 Å². The first-order valence-electron chi connectivity index (χ1n) is 8.43. The predicted octanol–water partition coefficient (Wildman–Crippen LogP) is 3.73. The minimum absolute atomic E-state index is 0.243. The van der Waals surface area contributed by atoms with E-state index in [2.05, 4.69) is 5.32 Å². The van der Waals surface area contributed by atoms with Crippen LogP contribution in [-0.2, 0) is 4.79 Å². The number of amides is 2. The molecule has 0 saturated carbocycles. The summed E-state index contributed by atoms with van der Waals surface area (Å²) in [6, 6.07) is 20.1. The van der Waals surface area contributed by atoms with Crippen LogP contribution in [0.5, 0.6) is 5.75 Å². The fourth-order valence-corrected chi connectivity index (χ4v) is 2.71. The van der Waals surface area contributed by atoms with Crippen molar-refractivity contribution in [1.82, 2.24) is 0 Å². The maximum atomic E-state index is 12.6. The second kappa shape index (κ2) is 7.70. The number of nitrogens with one attached hydrogen (secondary N) is 1. The van der Waals surface area contributed by atoms with Gasteiger partial charge in [-0.25, -0.2) is 0 Å². The van der Waals surface area contributed by atoms with Crippen molar-refractivity contribution in [2.75, 3.05) is 5.32 Å². The van der Waals surface area contributed by atoms with Gasteiger partial charge in [-0.1, -0.05) is 43.3 Å². The van der Waals surface area contributed by atoms with Gasteiger partial charge in [0, 0.05) is 16.6 Å². The average molecular weight is 348 g/mol. The zero-order valence-corrected chi connectivity index (χ0v) is 14.4. The third-order valence-corrected chi connectivity index (χ3v) is 4.12. The van der Waals surface area contributed by atoms with Crippen LogP contribution in [0.3, 0.4) is 0 Å². The summed E-state index contributed by atoms with van der Waals surface area (Å²) in [4.78, 5) is 23.7. The number of carbonyl (C=O) groups is 2. The number of primary amides is 1. The number of rotatable bonds is 6. The van der Waals surface area contributed by atoms with Gasteiger partial charge in [0.1, 0.15) is 5.75 Å². The van der Waals surface area contributed by atoms with E-state index < -0.39 is 12.0 Å². The molecule has 0 spiro atoms. The Morgan fingerprint density at radius 1 is 1.00 bits per heavy atom. The Balaban J connectivity index is 1.75. The summed E-state index contributed by atoms with van der Waals surface area (Å²) in [6.45, 7) is 1.89. The van der Waals surface area contributed by atoms with Gasteiger partial charge in [0.05, 0.1) is 0 Å². The van der Waals surface area contributed by atoms with Crippen LogP contribution in [0, 0.1) is 0 Å². The Morgan fingerprint density at radius 2 is 1.69 bits per heavy atom. The normalized spacial score (nSPS) is 11.7. The van der Waals surface area contributed by atoms with Crippen LogP contribution in [0.25, 0.3) is 10.8 Å². The number of carbonyl (C=O) groups excluding carboxylic acids is 2. The van der Waals surface area contributed by atoms with Crippen LogP contribution in [0.1, 0.15) is 23.7 Å². The monoisotopic (exact) mass is 348 g/mol. The molecular formula is C21H20N2O3. The molecule has 0 radical (unpaired) electrons. The van der Waals surface area contributed by atoms with Crippen molar-refractivity contribution in [3.8, 4) is 5.75 Å². The highest BCUT2D eigenvalue weighted by Crippen LogP contribution is 2.26. The van der Waals surface area contributed by atoms with Crippen molar-refractivity contribution in [1.29, 1.82) is 0 Å². The maximum absolute atomic E-state index is 12.6. The lowest BCUT2D eigenvalue weighted by atomic mass is 10.1. The summed E-state index contributed by atoms with van der Waals surface area (Å²) in [5, 5.41) is 4.83. The molecule has 0 aromatic heterocycles. The molecule has 3 aromatic rings. The van der Waals surface area contributed by atoms with Gasteiger partial charge >= 0.3 is 0 Å². The van der Waals surface area contributed by atoms with Gasteiger partial charge in [0.2, 0.25) is 5.91 Å². The first-order valence-corrected chi connectivity index (χ1v) is 8.43. The number of ether oxygens (including phenoxy) is 1. The summed E-state index contributed by atoms with van der Waals surface area (Å²) >= 11 is 0. The van der Waals surface area contributed by atoms with Crippen LogP contribution in [-0.4, -0.2) is 17.9 Å². The molecule has 1 atom stereocenters. The van der Waals surface area contributed by atoms with E-state index in [0.717, 1.165) is 10.8 Å². The lowest BCUT2D eigenvalue weighted by Gasteiger charge is -2.18. The topological polar surface area (TPSA) is 81.4 Å². The minimum atomic E-state index is -0.628. The van der Waals surface area contributed by atoms with Crippen molar-refractivity contribution >= 4 is 28.3 Å². The number of nitrogens with two attached hydrogens (primary N) is 1. The molecular weight excluding hydrogens is 328 g/mol. The van der Waals surface area contributed by atoms with Crippen LogP contribution in [0.2, 0.25) is 0 Å². The summed E-state index contributed by atoms with van der Waals surface area (Å²) in [7, 11) is 0. The van der Waals surface area contributed by atoms with Crippen molar-refractivity contribution in [3.05, 3.63) is 72.3 Å². The third kappa shape index (κ3) is 3.83. The highest BCUT2D eigenvalue weighted by molar-refractivity contribution is 5.96. The fourth-order valence-electron chi connectivity index (χ4n) is 2.71. The van der Waals surface area contributed by atoms with Crippen molar-refractivity contribution in [3.63, 3.8) is 0 Å². The van der Waals surface area contributed by atoms with E-state index in [1.807, 2.05) is 49.4 Å².